The fraction of sp³-hybridized carbons (Fsp3) is 0.118. The Morgan fingerprint density at radius 1 is 0.929 bits per heavy atom. The maximum atomic E-state index is 12.6. The molecule has 2 N–H and O–H groups in total. The number of hydrogen-bond donors (Lipinski definition) is 2. The molecule has 1 heterocycles. The summed E-state index contributed by atoms with van der Waals surface area (Å²) in [5, 5.41) is 3.91. The van der Waals surface area contributed by atoms with Gasteiger partial charge in [-0.1, -0.05) is 22.8 Å². The Balaban J connectivity index is 1.81. The second kappa shape index (κ2) is 7.46. The first-order valence-electron chi connectivity index (χ1n) is 7.93. The molecule has 0 amide bonds. The van der Waals surface area contributed by atoms with Gasteiger partial charge in [0.1, 0.15) is 5.76 Å². The van der Waals surface area contributed by atoms with Crippen LogP contribution in [0, 0.1) is 13.8 Å². The van der Waals surface area contributed by atoms with E-state index in [0.29, 0.717) is 16.3 Å². The van der Waals surface area contributed by atoms with Gasteiger partial charge in [-0.25, -0.2) is 16.8 Å². The molecule has 0 saturated carbocycles. The summed E-state index contributed by atoms with van der Waals surface area (Å²) in [6.45, 7) is 3.23. The standard InChI is InChI=1S/C17H16ClN3O5S2/c1-11-10-17(19-26-11)21-27(22,23)14-8-6-13(7-9-14)20-28(24,25)16-5-3-4-15(18)12(16)2/h3-10,20H,1-2H3,(H,19,21). The Bertz CT molecular complexity index is 1220. The van der Waals surface area contributed by atoms with E-state index in [0.717, 1.165) is 0 Å². The number of aryl methyl sites for hydroxylation is 1. The van der Waals surface area contributed by atoms with Gasteiger partial charge in [0.15, 0.2) is 5.82 Å². The SMILES string of the molecule is Cc1cc(NS(=O)(=O)c2ccc(NS(=O)(=O)c3cccc(Cl)c3C)cc2)no1. The van der Waals surface area contributed by atoms with Gasteiger partial charge < -0.3 is 4.52 Å². The maximum absolute atomic E-state index is 12.6. The van der Waals surface area contributed by atoms with Crippen LogP contribution < -0.4 is 9.44 Å². The van der Waals surface area contributed by atoms with E-state index in [9.17, 15) is 16.8 Å². The molecule has 0 saturated heterocycles. The van der Waals surface area contributed by atoms with E-state index in [2.05, 4.69) is 14.6 Å². The van der Waals surface area contributed by atoms with E-state index >= 15 is 0 Å². The van der Waals surface area contributed by atoms with E-state index in [4.69, 9.17) is 16.1 Å². The Hall–Kier alpha value is -2.56. The van der Waals surface area contributed by atoms with E-state index in [1.807, 2.05) is 0 Å². The molecule has 28 heavy (non-hydrogen) atoms. The Morgan fingerprint density at radius 2 is 1.61 bits per heavy atom. The largest absolute Gasteiger partial charge is 0.360 e. The third-order valence-corrected chi connectivity index (χ3v) is 7.10. The lowest BCUT2D eigenvalue weighted by Gasteiger charge is -2.12. The smallest absolute Gasteiger partial charge is 0.263 e. The number of aromatic nitrogens is 1. The summed E-state index contributed by atoms with van der Waals surface area (Å²) >= 11 is 5.98. The Labute approximate surface area is 167 Å². The molecule has 0 atom stereocenters. The van der Waals surface area contributed by atoms with Crippen LogP contribution in [-0.2, 0) is 20.0 Å². The fourth-order valence-corrected chi connectivity index (χ4v) is 4.94. The molecular formula is C17H16ClN3O5S2. The number of sulfonamides is 2. The zero-order valence-electron chi connectivity index (χ0n) is 14.8. The summed E-state index contributed by atoms with van der Waals surface area (Å²) in [6, 6.07) is 11.3. The summed E-state index contributed by atoms with van der Waals surface area (Å²) in [6.07, 6.45) is 0. The van der Waals surface area contributed by atoms with E-state index < -0.39 is 20.0 Å². The molecule has 0 radical (unpaired) electrons. The summed E-state index contributed by atoms with van der Waals surface area (Å²) in [4.78, 5) is -0.0187. The molecule has 0 unspecified atom stereocenters. The van der Waals surface area contributed by atoms with Crippen molar-refractivity contribution in [2.24, 2.45) is 0 Å². The highest BCUT2D eigenvalue weighted by atomic mass is 35.5. The number of rotatable bonds is 6. The highest BCUT2D eigenvalue weighted by Crippen LogP contribution is 2.25. The minimum Gasteiger partial charge on any atom is -0.360 e. The molecule has 0 aliphatic carbocycles. The lowest BCUT2D eigenvalue weighted by atomic mass is 10.2. The van der Waals surface area contributed by atoms with Crippen molar-refractivity contribution >= 4 is 43.2 Å². The zero-order valence-corrected chi connectivity index (χ0v) is 17.2. The average Bonchev–Trinajstić information content (AvgIpc) is 3.01. The molecule has 3 rings (SSSR count). The van der Waals surface area contributed by atoms with Crippen molar-refractivity contribution in [1.29, 1.82) is 0 Å². The molecule has 0 fully saturated rings. The number of hydrogen-bond acceptors (Lipinski definition) is 6. The van der Waals surface area contributed by atoms with E-state index in [-0.39, 0.29) is 21.3 Å². The zero-order chi connectivity index (χ0) is 20.5. The lowest BCUT2D eigenvalue weighted by Crippen LogP contribution is -2.15. The first-order chi connectivity index (χ1) is 13.1. The van der Waals surface area contributed by atoms with Gasteiger partial charge in [-0.05, 0) is 55.8 Å². The third-order valence-electron chi connectivity index (χ3n) is 3.79. The summed E-state index contributed by atoms with van der Waals surface area (Å²) < 4.78 is 59.4. The Morgan fingerprint density at radius 3 is 2.21 bits per heavy atom. The van der Waals surface area contributed by atoms with Gasteiger partial charge in [-0.3, -0.25) is 9.44 Å². The normalized spacial score (nSPS) is 12.0. The topological polar surface area (TPSA) is 118 Å². The quantitative estimate of drug-likeness (QED) is 0.603. The van der Waals surface area contributed by atoms with Crippen molar-refractivity contribution < 1.29 is 21.4 Å². The maximum Gasteiger partial charge on any atom is 0.263 e. The van der Waals surface area contributed by atoms with Crippen molar-refractivity contribution in [1.82, 2.24) is 5.16 Å². The van der Waals surface area contributed by atoms with Gasteiger partial charge in [0.2, 0.25) is 0 Å². The van der Waals surface area contributed by atoms with Gasteiger partial charge in [-0.2, -0.15) is 0 Å². The van der Waals surface area contributed by atoms with Crippen LogP contribution in [-0.4, -0.2) is 22.0 Å². The number of anilines is 2. The highest BCUT2D eigenvalue weighted by Gasteiger charge is 2.20. The minimum absolute atomic E-state index is 0.0415. The summed E-state index contributed by atoms with van der Waals surface area (Å²) in [5.41, 5.74) is 0.624. The van der Waals surface area contributed by atoms with Crippen LogP contribution in [0.15, 0.2) is 62.8 Å². The predicted molar refractivity (Wildman–Crippen MR) is 105 cm³/mol. The van der Waals surface area contributed by atoms with Crippen molar-refractivity contribution in [2.75, 3.05) is 9.44 Å². The van der Waals surface area contributed by atoms with Crippen molar-refractivity contribution in [3.05, 3.63) is 64.9 Å². The van der Waals surface area contributed by atoms with Gasteiger partial charge >= 0.3 is 0 Å². The molecule has 0 aliphatic heterocycles. The predicted octanol–water partition coefficient (Wildman–Crippen LogP) is 3.55. The molecular weight excluding hydrogens is 426 g/mol. The first-order valence-corrected chi connectivity index (χ1v) is 11.3. The van der Waals surface area contributed by atoms with Crippen LogP contribution in [0.25, 0.3) is 0 Å². The number of nitrogens with zero attached hydrogens (tertiary/aromatic N) is 1. The number of benzene rings is 2. The first kappa shape index (κ1) is 20.2. The average molecular weight is 442 g/mol. The van der Waals surface area contributed by atoms with Crippen molar-refractivity contribution in [3.8, 4) is 0 Å². The minimum atomic E-state index is -3.89. The molecule has 11 heteroatoms. The van der Waals surface area contributed by atoms with Gasteiger partial charge in [0, 0.05) is 16.8 Å². The van der Waals surface area contributed by atoms with E-state index in [1.165, 1.54) is 42.5 Å². The fourth-order valence-electron chi connectivity index (χ4n) is 2.40. The second-order valence-corrected chi connectivity index (χ2v) is 9.66. The molecule has 0 spiro atoms. The van der Waals surface area contributed by atoms with Crippen molar-refractivity contribution in [3.63, 3.8) is 0 Å². The van der Waals surface area contributed by atoms with Crippen LogP contribution in [0.1, 0.15) is 11.3 Å². The van der Waals surface area contributed by atoms with Gasteiger partial charge in [0.25, 0.3) is 20.0 Å². The number of nitrogens with one attached hydrogen (secondary N) is 2. The van der Waals surface area contributed by atoms with Crippen LogP contribution in [0.4, 0.5) is 11.5 Å². The third kappa shape index (κ3) is 4.29. The molecule has 148 valence electrons. The molecule has 0 aliphatic rings. The second-order valence-electron chi connectivity index (χ2n) is 5.92. The van der Waals surface area contributed by atoms with Crippen LogP contribution in [0.5, 0.6) is 0 Å². The van der Waals surface area contributed by atoms with Crippen molar-refractivity contribution in [2.45, 2.75) is 23.6 Å². The molecule has 1 aromatic heterocycles. The van der Waals surface area contributed by atoms with Crippen LogP contribution in [0.3, 0.4) is 0 Å². The summed E-state index contributed by atoms with van der Waals surface area (Å²) in [5.74, 6) is 0.512. The monoisotopic (exact) mass is 441 g/mol. The highest BCUT2D eigenvalue weighted by molar-refractivity contribution is 7.93. The number of halogens is 1. The molecule has 0 bridgehead atoms. The van der Waals surface area contributed by atoms with Gasteiger partial charge in [-0.15, -0.1) is 0 Å². The molecule has 2 aromatic carbocycles. The summed E-state index contributed by atoms with van der Waals surface area (Å²) in [7, 11) is -7.77. The van der Waals surface area contributed by atoms with Gasteiger partial charge in [0.05, 0.1) is 9.79 Å². The molecule has 3 aromatic rings. The Kier molecular flexibility index (Phi) is 5.37. The lowest BCUT2D eigenvalue weighted by molar-refractivity contribution is 0.400. The van der Waals surface area contributed by atoms with E-state index in [1.54, 1.807) is 19.9 Å². The van der Waals surface area contributed by atoms with Crippen LogP contribution in [0.2, 0.25) is 5.02 Å². The molecule has 8 nitrogen and oxygen atoms in total. The van der Waals surface area contributed by atoms with Crippen LogP contribution >= 0.6 is 11.6 Å².